The average Bonchev–Trinajstić information content (AvgIpc) is 4.11. The van der Waals surface area contributed by atoms with Gasteiger partial charge in [0, 0.05) is 159 Å². The summed E-state index contributed by atoms with van der Waals surface area (Å²) in [5.41, 5.74) is 12.3. The fourth-order valence-electron chi connectivity index (χ4n) is 10.3. The van der Waals surface area contributed by atoms with Crippen molar-refractivity contribution < 1.29 is 15.0 Å². The van der Waals surface area contributed by atoms with Crippen molar-refractivity contribution >= 4 is 50.8 Å². The summed E-state index contributed by atoms with van der Waals surface area (Å²) >= 11 is 13.8. The van der Waals surface area contributed by atoms with Crippen LogP contribution in [-0.2, 0) is 31.0 Å². The Bertz CT molecular complexity index is 2420. The number of nitrogens with zero attached hydrogens (tertiary/aromatic N) is 4. The molecule has 13 heteroatoms. The minimum atomic E-state index is -0.575. The van der Waals surface area contributed by atoms with Gasteiger partial charge in [-0.3, -0.25) is 25.2 Å². The molecule has 10 rings (SSSR count). The van der Waals surface area contributed by atoms with Crippen LogP contribution in [0.4, 0.5) is 0 Å². The lowest BCUT2D eigenvalue weighted by atomic mass is 9.87. The first-order valence-electron chi connectivity index (χ1n) is 22.3. The Hall–Kier alpha value is -4.11. The van der Waals surface area contributed by atoms with Crippen LogP contribution < -0.4 is 10.6 Å². The summed E-state index contributed by atoms with van der Waals surface area (Å²) in [6, 6.07) is 24.6. The molecular weight excluding hydrogens is 819 g/mol. The highest BCUT2D eigenvalue weighted by Gasteiger charge is 2.41. The van der Waals surface area contributed by atoms with Crippen molar-refractivity contribution in [3.8, 4) is 22.5 Å². The Balaban J connectivity index is 0.892. The average molecular weight is 876 g/mol. The van der Waals surface area contributed by atoms with E-state index in [0.29, 0.717) is 23.1 Å². The summed E-state index contributed by atoms with van der Waals surface area (Å²) in [6.45, 7) is 13.4. The third kappa shape index (κ3) is 8.36. The fourth-order valence-corrected chi connectivity index (χ4v) is 10.8. The van der Waals surface area contributed by atoms with E-state index in [1.807, 2.05) is 24.3 Å². The van der Waals surface area contributed by atoms with Crippen LogP contribution in [0.2, 0.25) is 10.0 Å². The smallest absolute Gasteiger partial charge is 0.175 e. The standard InChI is InChI=1S/C49H56Cl2N8O3/c50-39-7-5-35(43-25-33-23-31(3-9-41(33)54-43)29-58-17-13-56(14-18-58)11-1-21-60)45-37(39)27-52-47(45)49(62)48-46-36(6-8-40(51)38(46)28-53-48)44-26-34-24-32(4-10-42(34)55-44)30-59-19-15-57(16-20-59)12-2-22-61/h3-10,23-26,47-48,52-55,60-61H,1-2,11-22,27-30H2. The van der Waals surface area contributed by atoms with Crippen molar-refractivity contribution in [2.45, 2.75) is 51.1 Å². The third-order valence-corrected chi connectivity index (χ3v) is 14.4. The zero-order chi connectivity index (χ0) is 42.3. The number of aromatic amines is 2. The van der Waals surface area contributed by atoms with Gasteiger partial charge in [0.2, 0.25) is 0 Å². The van der Waals surface area contributed by atoms with E-state index in [4.69, 9.17) is 23.2 Å². The monoisotopic (exact) mass is 874 g/mol. The summed E-state index contributed by atoms with van der Waals surface area (Å²) in [4.78, 5) is 32.3. The second kappa shape index (κ2) is 18.2. The number of hydrogen-bond donors (Lipinski definition) is 6. The van der Waals surface area contributed by atoms with Crippen LogP contribution in [0.5, 0.6) is 0 Å². The molecule has 4 aliphatic heterocycles. The Labute approximate surface area is 373 Å². The number of Topliss-reactive ketones (excluding diaryl/α,β-unsaturated/α-hetero) is 1. The summed E-state index contributed by atoms with van der Waals surface area (Å²) in [5, 5.41) is 29.2. The van der Waals surface area contributed by atoms with Gasteiger partial charge in [-0.15, -0.1) is 0 Å². The van der Waals surface area contributed by atoms with Crippen LogP contribution in [0.15, 0.2) is 72.8 Å². The van der Waals surface area contributed by atoms with Gasteiger partial charge >= 0.3 is 0 Å². The van der Waals surface area contributed by atoms with E-state index in [1.165, 1.54) is 11.1 Å². The molecule has 2 fully saturated rings. The molecule has 11 nitrogen and oxygen atoms in total. The van der Waals surface area contributed by atoms with E-state index in [2.05, 4.69) is 88.7 Å². The number of aliphatic hydroxyl groups is 2. The summed E-state index contributed by atoms with van der Waals surface area (Å²) in [6.07, 6.45) is 1.66. The van der Waals surface area contributed by atoms with Gasteiger partial charge < -0.3 is 30.0 Å². The quantitative estimate of drug-likeness (QED) is 0.0698. The number of hydrogen-bond acceptors (Lipinski definition) is 9. The molecule has 6 heterocycles. The van der Waals surface area contributed by atoms with Crippen molar-refractivity contribution in [3.05, 3.63) is 116 Å². The Morgan fingerprint density at radius 1 is 0.565 bits per heavy atom. The maximum atomic E-state index is 15.0. The predicted molar refractivity (Wildman–Crippen MR) is 248 cm³/mol. The number of aromatic nitrogens is 2. The van der Waals surface area contributed by atoms with Crippen LogP contribution in [0.25, 0.3) is 44.3 Å². The second-order valence-corrected chi connectivity index (χ2v) is 18.4. The molecule has 2 aromatic heterocycles. The molecule has 2 unspecified atom stereocenters. The van der Waals surface area contributed by atoms with E-state index in [9.17, 15) is 10.2 Å². The highest BCUT2D eigenvalue weighted by molar-refractivity contribution is 6.32. The highest BCUT2D eigenvalue weighted by Crippen LogP contribution is 2.45. The van der Waals surface area contributed by atoms with Gasteiger partial charge in [0.25, 0.3) is 0 Å². The third-order valence-electron chi connectivity index (χ3n) is 13.7. The largest absolute Gasteiger partial charge is 0.396 e. The number of carbonyl (C=O) groups excluding carboxylic acids is 1. The molecule has 0 aliphatic carbocycles. The van der Waals surface area contributed by atoms with Gasteiger partial charge in [0.15, 0.2) is 5.78 Å². The number of ketones is 1. The maximum Gasteiger partial charge on any atom is 0.175 e. The van der Waals surface area contributed by atoms with Crippen LogP contribution in [-0.4, -0.2) is 124 Å². The van der Waals surface area contributed by atoms with Crippen molar-refractivity contribution in [3.63, 3.8) is 0 Å². The van der Waals surface area contributed by atoms with E-state index < -0.39 is 12.1 Å². The van der Waals surface area contributed by atoms with Crippen LogP contribution in [0, 0.1) is 0 Å². The zero-order valence-electron chi connectivity index (χ0n) is 35.2. The van der Waals surface area contributed by atoms with E-state index in [1.54, 1.807) is 0 Å². The Kier molecular flexibility index (Phi) is 12.3. The van der Waals surface area contributed by atoms with Gasteiger partial charge in [-0.05, 0) is 94.8 Å². The number of benzene rings is 4. The van der Waals surface area contributed by atoms with Crippen molar-refractivity contribution in [2.75, 3.05) is 78.7 Å². The van der Waals surface area contributed by atoms with Gasteiger partial charge in [-0.25, -0.2) is 0 Å². The van der Waals surface area contributed by atoms with E-state index >= 15 is 4.79 Å². The Morgan fingerprint density at radius 2 is 0.984 bits per heavy atom. The van der Waals surface area contributed by atoms with Gasteiger partial charge in [-0.2, -0.15) is 0 Å². The molecule has 4 aliphatic rings. The zero-order valence-corrected chi connectivity index (χ0v) is 36.7. The molecular formula is C49H56Cl2N8O3. The number of H-pyrrole nitrogens is 2. The predicted octanol–water partition coefficient (Wildman–Crippen LogP) is 6.85. The number of halogens is 2. The number of piperazine rings is 2. The molecule has 6 N–H and O–H groups in total. The van der Waals surface area contributed by atoms with Crippen LogP contribution in [0.3, 0.4) is 0 Å². The number of carbonyl (C=O) groups is 1. The number of aliphatic hydroxyl groups excluding tert-OH is 2. The van der Waals surface area contributed by atoms with Gasteiger partial charge in [0.1, 0.15) is 0 Å². The number of fused-ring (bicyclic) bond motifs is 4. The lowest BCUT2D eigenvalue weighted by Crippen LogP contribution is -2.46. The van der Waals surface area contributed by atoms with Gasteiger partial charge in [-0.1, -0.05) is 47.5 Å². The van der Waals surface area contributed by atoms with Crippen molar-refractivity contribution in [1.82, 2.24) is 40.2 Å². The molecule has 2 atom stereocenters. The van der Waals surface area contributed by atoms with Crippen molar-refractivity contribution in [2.24, 2.45) is 0 Å². The molecule has 6 aromatic rings. The first kappa shape index (κ1) is 41.9. The summed E-state index contributed by atoms with van der Waals surface area (Å²) in [7, 11) is 0. The van der Waals surface area contributed by atoms with Gasteiger partial charge in [0.05, 0.1) is 12.1 Å². The molecule has 62 heavy (non-hydrogen) atoms. The minimum absolute atomic E-state index is 0.0410. The summed E-state index contributed by atoms with van der Waals surface area (Å²) in [5.74, 6) is 0.0410. The maximum absolute atomic E-state index is 15.0. The molecule has 0 saturated carbocycles. The molecule has 0 radical (unpaired) electrons. The lowest BCUT2D eigenvalue weighted by Gasteiger charge is -2.34. The second-order valence-electron chi connectivity index (χ2n) is 17.6. The van der Waals surface area contributed by atoms with E-state index in [0.717, 1.165) is 158 Å². The number of rotatable bonds is 14. The molecule has 324 valence electrons. The minimum Gasteiger partial charge on any atom is -0.396 e. The normalized spacial score (nSPS) is 20.1. The fraction of sp³-hybridized carbons (Fsp3) is 0.408. The van der Waals surface area contributed by atoms with Crippen LogP contribution in [0.1, 0.15) is 58.3 Å². The summed E-state index contributed by atoms with van der Waals surface area (Å²) < 4.78 is 0. The van der Waals surface area contributed by atoms with E-state index in [-0.39, 0.29) is 19.0 Å². The van der Waals surface area contributed by atoms with Crippen LogP contribution >= 0.6 is 23.2 Å². The first-order chi connectivity index (χ1) is 30.3. The molecule has 2 saturated heterocycles. The molecule has 4 aromatic carbocycles. The topological polar surface area (TPSA) is 126 Å². The first-order valence-corrected chi connectivity index (χ1v) is 23.1. The number of nitrogens with one attached hydrogen (secondary N) is 4. The highest BCUT2D eigenvalue weighted by atomic mass is 35.5. The molecule has 0 amide bonds. The lowest BCUT2D eigenvalue weighted by molar-refractivity contribution is -0.123. The SMILES string of the molecule is O=C(C1NCc2c(Cl)ccc(-c3cc4cc(CN5CCN(CCCO)CC5)ccc4[nH]3)c21)C1NCc2c(Cl)ccc(-c3cc4cc(CN5CCN(CCCO)CC5)ccc4[nH]3)c21. The van der Waals surface area contributed by atoms with Crippen molar-refractivity contribution in [1.29, 1.82) is 0 Å². The molecule has 0 spiro atoms. The Morgan fingerprint density at radius 3 is 1.40 bits per heavy atom. The molecule has 0 bridgehead atoms.